The molecule has 0 aliphatic heterocycles. The van der Waals surface area contributed by atoms with E-state index in [1.165, 1.54) is 0 Å². The van der Waals surface area contributed by atoms with Crippen molar-refractivity contribution in [1.82, 2.24) is 9.97 Å². The molecule has 0 aliphatic carbocycles. The van der Waals surface area contributed by atoms with Crippen molar-refractivity contribution in [3.8, 4) is 0 Å². The molecule has 0 saturated carbocycles. The molecule has 0 fully saturated rings. The zero-order valence-corrected chi connectivity index (χ0v) is 19.4. The third kappa shape index (κ3) is 5.76. The lowest BCUT2D eigenvalue weighted by atomic mass is 9.92. The number of benzene rings is 3. The molecule has 0 saturated heterocycles. The molecule has 5 rings (SSSR count). The van der Waals surface area contributed by atoms with Crippen LogP contribution in [0.3, 0.4) is 0 Å². The maximum Gasteiger partial charge on any atom is 0.309 e. The van der Waals surface area contributed by atoms with Gasteiger partial charge in [-0.3, -0.25) is 9.78 Å². The summed E-state index contributed by atoms with van der Waals surface area (Å²) in [4.78, 5) is 20.6. The molecule has 5 aromatic rings. The minimum absolute atomic E-state index is 0.182. The number of carbonyl (C=O) groups is 1. The van der Waals surface area contributed by atoms with Crippen LogP contribution in [0.2, 0.25) is 0 Å². The van der Waals surface area contributed by atoms with E-state index in [4.69, 9.17) is 4.74 Å². The topological polar surface area (TPSA) is 67.0 Å². The van der Waals surface area contributed by atoms with Crippen molar-refractivity contribution < 1.29 is 9.53 Å². The fourth-order valence-corrected chi connectivity index (χ4v) is 4.26. The molecule has 0 aliphatic rings. The molecule has 0 bridgehead atoms. The van der Waals surface area contributed by atoms with Crippen LogP contribution in [0.1, 0.15) is 16.7 Å². The first-order chi connectivity index (χ1) is 17.2. The quantitative estimate of drug-likeness (QED) is 0.248. The Morgan fingerprint density at radius 2 is 1.51 bits per heavy atom. The largest absolute Gasteiger partial charge is 0.461 e. The zero-order valence-electron chi connectivity index (χ0n) is 19.4. The molecule has 0 radical (unpaired) electrons. The van der Waals surface area contributed by atoms with Gasteiger partial charge in [0, 0.05) is 40.9 Å². The van der Waals surface area contributed by atoms with Crippen LogP contribution in [0.5, 0.6) is 0 Å². The third-order valence-electron chi connectivity index (χ3n) is 6.10. The van der Waals surface area contributed by atoms with Gasteiger partial charge in [-0.1, -0.05) is 60.7 Å². The molecule has 2 N–H and O–H groups in total. The number of pyridine rings is 1. The summed E-state index contributed by atoms with van der Waals surface area (Å²) in [6.45, 7) is 0.277. The fraction of sp³-hybridized carbons (Fsp3) is 0.133. The number of nitrogens with one attached hydrogen (secondary N) is 2. The highest BCUT2D eigenvalue weighted by Gasteiger charge is 2.23. The van der Waals surface area contributed by atoms with Gasteiger partial charge in [-0.05, 0) is 59.9 Å². The van der Waals surface area contributed by atoms with Gasteiger partial charge >= 0.3 is 5.97 Å². The average molecular weight is 462 g/mol. The molecule has 3 aromatic carbocycles. The number of esters is 1. The van der Waals surface area contributed by atoms with Crippen LogP contribution in [0, 0.1) is 5.92 Å². The van der Waals surface area contributed by atoms with Gasteiger partial charge in [0.25, 0.3) is 0 Å². The summed E-state index contributed by atoms with van der Waals surface area (Å²) in [5.74, 6) is -0.477. The van der Waals surface area contributed by atoms with Crippen LogP contribution in [-0.2, 0) is 29.0 Å². The van der Waals surface area contributed by atoms with Gasteiger partial charge in [-0.15, -0.1) is 0 Å². The summed E-state index contributed by atoms with van der Waals surface area (Å²) < 4.78 is 5.76. The van der Waals surface area contributed by atoms with Crippen molar-refractivity contribution in [2.75, 3.05) is 5.32 Å². The summed E-state index contributed by atoms with van der Waals surface area (Å²) in [5.41, 5.74) is 6.24. The molecule has 5 nitrogen and oxygen atoms in total. The Kier molecular flexibility index (Phi) is 6.85. The number of ether oxygens (including phenoxy) is 1. The van der Waals surface area contributed by atoms with E-state index in [1.807, 2.05) is 72.9 Å². The number of H-pyrrole nitrogens is 1. The van der Waals surface area contributed by atoms with Crippen molar-refractivity contribution in [1.29, 1.82) is 0 Å². The van der Waals surface area contributed by atoms with Crippen molar-refractivity contribution in [2.45, 2.75) is 19.4 Å². The van der Waals surface area contributed by atoms with E-state index in [1.54, 1.807) is 12.4 Å². The van der Waals surface area contributed by atoms with Crippen LogP contribution in [0.25, 0.3) is 10.9 Å². The van der Waals surface area contributed by atoms with E-state index in [0.717, 1.165) is 39.0 Å². The highest BCUT2D eigenvalue weighted by molar-refractivity contribution is 5.84. The molecule has 35 heavy (non-hydrogen) atoms. The van der Waals surface area contributed by atoms with E-state index >= 15 is 0 Å². The highest BCUT2D eigenvalue weighted by atomic mass is 16.5. The summed E-state index contributed by atoms with van der Waals surface area (Å²) in [7, 11) is 0. The van der Waals surface area contributed by atoms with Crippen LogP contribution < -0.4 is 5.32 Å². The number of rotatable bonds is 9. The number of nitrogens with zero attached hydrogens (tertiary/aromatic N) is 1. The minimum Gasteiger partial charge on any atom is -0.461 e. The van der Waals surface area contributed by atoms with Crippen molar-refractivity contribution in [2.24, 2.45) is 5.92 Å². The molecule has 0 spiro atoms. The van der Waals surface area contributed by atoms with Gasteiger partial charge in [0.05, 0.1) is 5.92 Å². The predicted molar refractivity (Wildman–Crippen MR) is 139 cm³/mol. The van der Waals surface area contributed by atoms with Crippen molar-refractivity contribution in [3.05, 3.63) is 126 Å². The Labute approximate surface area is 204 Å². The van der Waals surface area contributed by atoms with Gasteiger partial charge < -0.3 is 15.0 Å². The Balaban J connectivity index is 1.32. The lowest BCUT2D eigenvalue weighted by molar-refractivity contribution is -0.149. The highest BCUT2D eigenvalue weighted by Crippen LogP contribution is 2.25. The van der Waals surface area contributed by atoms with E-state index < -0.39 is 0 Å². The molecule has 174 valence electrons. The molecular weight excluding hydrogens is 434 g/mol. The Hall–Kier alpha value is -4.38. The second-order valence-electron chi connectivity index (χ2n) is 8.62. The van der Waals surface area contributed by atoms with Gasteiger partial charge in [0.1, 0.15) is 6.61 Å². The lowest BCUT2D eigenvalue weighted by Crippen LogP contribution is -2.22. The summed E-state index contributed by atoms with van der Waals surface area (Å²) in [6.07, 6.45) is 6.72. The van der Waals surface area contributed by atoms with Crippen LogP contribution >= 0.6 is 0 Å². The van der Waals surface area contributed by atoms with Crippen molar-refractivity contribution >= 4 is 28.2 Å². The monoisotopic (exact) mass is 461 g/mol. The number of anilines is 2. The predicted octanol–water partition coefficient (Wildman–Crippen LogP) is 6.45. The molecule has 0 amide bonds. The Bertz CT molecular complexity index is 1380. The minimum atomic E-state index is -0.295. The van der Waals surface area contributed by atoms with Gasteiger partial charge in [-0.25, -0.2) is 0 Å². The third-order valence-corrected chi connectivity index (χ3v) is 6.10. The first-order valence-electron chi connectivity index (χ1n) is 11.8. The molecule has 1 unspecified atom stereocenters. The zero-order chi connectivity index (χ0) is 23.9. The average Bonchev–Trinajstić information content (AvgIpc) is 3.32. The molecule has 2 aromatic heterocycles. The molecule has 1 atom stereocenters. The Morgan fingerprint density at radius 3 is 2.31 bits per heavy atom. The summed E-state index contributed by atoms with van der Waals surface area (Å²) in [6, 6.07) is 30.0. The van der Waals surface area contributed by atoms with E-state index in [-0.39, 0.29) is 18.5 Å². The van der Waals surface area contributed by atoms with Gasteiger partial charge in [-0.2, -0.15) is 0 Å². The van der Waals surface area contributed by atoms with Crippen LogP contribution in [0.15, 0.2) is 110 Å². The van der Waals surface area contributed by atoms with Crippen LogP contribution in [0.4, 0.5) is 11.4 Å². The number of carbonyl (C=O) groups excluding carboxylic acids is 1. The molecular formula is C30H27N3O2. The number of aromatic amines is 1. The Morgan fingerprint density at radius 1 is 0.800 bits per heavy atom. The second kappa shape index (κ2) is 10.7. The van der Waals surface area contributed by atoms with Gasteiger partial charge in [0.15, 0.2) is 0 Å². The first-order valence-corrected chi connectivity index (χ1v) is 11.8. The fourth-order valence-electron chi connectivity index (χ4n) is 4.26. The molecule has 5 heteroatoms. The second-order valence-corrected chi connectivity index (χ2v) is 8.62. The smallest absolute Gasteiger partial charge is 0.309 e. The van der Waals surface area contributed by atoms with E-state index in [2.05, 4.69) is 39.6 Å². The van der Waals surface area contributed by atoms with Gasteiger partial charge in [0.2, 0.25) is 0 Å². The lowest BCUT2D eigenvalue weighted by Gasteiger charge is -2.17. The van der Waals surface area contributed by atoms with E-state index in [9.17, 15) is 4.79 Å². The number of para-hydroxylation sites is 1. The standard InChI is InChI=1S/C30H27N3O2/c34-30(35-21-23-6-2-1-3-7-23)24(19-25-20-32-29-9-5-4-8-28(25)29)18-22-10-12-26(13-11-22)33-27-14-16-31-17-15-27/h1-17,20,24,32H,18-19,21H2,(H,31,33). The number of hydrogen-bond donors (Lipinski definition) is 2. The first kappa shape index (κ1) is 22.4. The number of hydrogen-bond acceptors (Lipinski definition) is 4. The maximum atomic E-state index is 13.2. The molecule has 2 heterocycles. The van der Waals surface area contributed by atoms with Crippen LogP contribution in [-0.4, -0.2) is 15.9 Å². The summed E-state index contributed by atoms with van der Waals surface area (Å²) in [5, 5.41) is 4.51. The van der Waals surface area contributed by atoms with Crippen molar-refractivity contribution in [3.63, 3.8) is 0 Å². The number of aromatic nitrogens is 2. The number of fused-ring (bicyclic) bond motifs is 1. The SMILES string of the molecule is O=C(OCc1ccccc1)C(Cc1ccc(Nc2ccncc2)cc1)Cc1c[nH]c2ccccc12. The van der Waals surface area contributed by atoms with E-state index in [0.29, 0.717) is 12.8 Å². The maximum absolute atomic E-state index is 13.2. The normalized spacial score (nSPS) is 11.8. The summed E-state index contributed by atoms with van der Waals surface area (Å²) >= 11 is 0.